The Balaban J connectivity index is 0. The number of likely N-dealkylation sites (N-methyl/N-ethyl adjacent to an activating group) is 1. The molecule has 0 bridgehead atoms. The van der Waals surface area contributed by atoms with E-state index in [2.05, 4.69) is 32.0 Å². The highest BCUT2D eigenvalue weighted by molar-refractivity contribution is 7.80. The molecule has 0 rings (SSSR count). The number of rotatable bonds is 16. The van der Waals surface area contributed by atoms with Gasteiger partial charge in [0.2, 0.25) is 10.4 Å². The smallest absolute Gasteiger partial charge is 0.217 e. The molecule has 0 saturated carbocycles. The summed E-state index contributed by atoms with van der Waals surface area (Å²) in [4.78, 5) is 0. The van der Waals surface area contributed by atoms with Gasteiger partial charge in [0.25, 0.3) is 0 Å². The Labute approximate surface area is 178 Å². The van der Waals surface area contributed by atoms with E-state index in [-0.39, 0.29) is 12.7 Å². The maximum atomic E-state index is 10.3. The second kappa shape index (κ2) is 17.4. The summed E-state index contributed by atoms with van der Waals surface area (Å²) in [6.07, 6.45) is 10.0. The molecule has 3 atom stereocenters. The zero-order chi connectivity index (χ0) is 22.9. The summed E-state index contributed by atoms with van der Waals surface area (Å²) in [5, 5.41) is 29.1. The molecule has 0 aliphatic heterocycles. The SMILES string of the molecule is CCCCCCCCCCC(O)C[N+](C)(CC(O)CO)C(C)C.COS(=O)(=O)[O-]. The average Bonchev–Trinajstić information content (AvgIpc) is 2.63. The minimum Gasteiger partial charge on any atom is -0.726 e. The third-order valence-corrected chi connectivity index (χ3v) is 5.72. The molecule has 0 spiro atoms. The Kier molecular flexibility index (Phi) is 18.5. The van der Waals surface area contributed by atoms with E-state index in [0.717, 1.165) is 20.0 Å². The molecule has 0 aromatic rings. The third-order valence-electron chi connectivity index (χ3n) is 5.31. The van der Waals surface area contributed by atoms with Crippen LogP contribution in [0.3, 0.4) is 0 Å². The van der Waals surface area contributed by atoms with E-state index in [9.17, 15) is 23.2 Å². The van der Waals surface area contributed by atoms with Crippen molar-refractivity contribution in [1.29, 1.82) is 0 Å². The molecule has 0 aliphatic carbocycles. The van der Waals surface area contributed by atoms with E-state index >= 15 is 0 Å². The summed E-state index contributed by atoms with van der Waals surface area (Å²) < 4.78 is 31.6. The van der Waals surface area contributed by atoms with Gasteiger partial charge in [0.05, 0.1) is 26.8 Å². The lowest BCUT2D eigenvalue weighted by molar-refractivity contribution is -0.935. The van der Waals surface area contributed by atoms with Crippen LogP contribution in [0.2, 0.25) is 0 Å². The van der Waals surface area contributed by atoms with Crippen molar-refractivity contribution >= 4 is 10.4 Å². The van der Waals surface area contributed by atoms with Crippen LogP contribution in [0.1, 0.15) is 78.6 Å². The molecular weight excluding hydrogens is 398 g/mol. The Morgan fingerprint density at radius 1 is 0.931 bits per heavy atom. The summed E-state index contributed by atoms with van der Waals surface area (Å²) in [6, 6.07) is 0.310. The zero-order valence-corrected chi connectivity index (χ0v) is 19.9. The van der Waals surface area contributed by atoms with Crippen LogP contribution in [0, 0.1) is 0 Å². The van der Waals surface area contributed by atoms with Crippen molar-refractivity contribution < 1.29 is 37.0 Å². The largest absolute Gasteiger partial charge is 0.726 e. The lowest BCUT2D eigenvalue weighted by Crippen LogP contribution is -2.57. The van der Waals surface area contributed by atoms with Crippen LogP contribution in [0.25, 0.3) is 0 Å². The Morgan fingerprint density at radius 2 is 1.34 bits per heavy atom. The van der Waals surface area contributed by atoms with Crippen molar-refractivity contribution in [2.24, 2.45) is 0 Å². The summed E-state index contributed by atoms with van der Waals surface area (Å²) in [5.74, 6) is 0. The summed E-state index contributed by atoms with van der Waals surface area (Å²) in [7, 11) is -1.55. The van der Waals surface area contributed by atoms with Gasteiger partial charge in [-0.1, -0.05) is 58.3 Å². The van der Waals surface area contributed by atoms with Gasteiger partial charge in [-0.15, -0.1) is 0 Å². The molecule has 3 unspecified atom stereocenters. The van der Waals surface area contributed by atoms with Crippen LogP contribution in [0.15, 0.2) is 0 Å². The molecule has 0 aliphatic rings. The van der Waals surface area contributed by atoms with Gasteiger partial charge >= 0.3 is 0 Å². The second-order valence-electron chi connectivity index (χ2n) is 8.27. The van der Waals surface area contributed by atoms with Gasteiger partial charge < -0.3 is 24.4 Å². The predicted octanol–water partition coefficient (Wildman–Crippen LogP) is 2.18. The first-order valence-corrected chi connectivity index (χ1v) is 12.1. The van der Waals surface area contributed by atoms with E-state index in [1.807, 2.05) is 0 Å². The normalized spacial score (nSPS) is 16.1. The number of aliphatic hydroxyl groups excluding tert-OH is 3. The number of quaternary nitrogens is 1. The molecule has 3 N–H and O–H groups in total. The minimum absolute atomic E-state index is 0.214. The zero-order valence-electron chi connectivity index (χ0n) is 19.0. The number of nitrogens with zero attached hydrogens (tertiary/aromatic N) is 1. The molecule has 0 saturated heterocycles. The van der Waals surface area contributed by atoms with Crippen LogP contribution in [-0.2, 0) is 14.6 Å². The molecule has 9 heteroatoms. The first-order valence-electron chi connectivity index (χ1n) is 10.7. The van der Waals surface area contributed by atoms with Crippen molar-refractivity contribution in [3.63, 3.8) is 0 Å². The molecule has 0 heterocycles. The molecule has 178 valence electrons. The lowest BCUT2D eigenvalue weighted by atomic mass is 10.0. The number of hydrogen-bond donors (Lipinski definition) is 3. The van der Waals surface area contributed by atoms with Gasteiger partial charge in [-0.3, -0.25) is 4.18 Å². The fourth-order valence-corrected chi connectivity index (χ4v) is 3.12. The van der Waals surface area contributed by atoms with Crippen LogP contribution < -0.4 is 0 Å². The van der Waals surface area contributed by atoms with Crippen molar-refractivity contribution in [2.45, 2.75) is 96.8 Å². The van der Waals surface area contributed by atoms with Crippen LogP contribution in [0.5, 0.6) is 0 Å². The quantitative estimate of drug-likeness (QED) is 0.144. The molecular formula is C20H45NO7S. The summed E-state index contributed by atoms with van der Waals surface area (Å²) in [5.41, 5.74) is 0. The van der Waals surface area contributed by atoms with Gasteiger partial charge in [-0.05, 0) is 20.3 Å². The number of hydrogen-bond acceptors (Lipinski definition) is 7. The standard InChI is InChI=1S/C19H42NO3.CH4O4S/c1-5-6-7-8-9-10-11-12-13-18(22)14-20(4,17(2)3)15-19(23)16-21;1-5-6(2,3)4/h17-19,21-23H,5-16H2,1-4H3;1H3,(H,2,3,4)/q+1;/p-1. The van der Waals surface area contributed by atoms with E-state index < -0.39 is 16.5 Å². The number of unbranched alkanes of at least 4 members (excludes halogenated alkanes) is 7. The van der Waals surface area contributed by atoms with Gasteiger partial charge in [-0.2, -0.15) is 0 Å². The molecule has 0 aromatic heterocycles. The van der Waals surface area contributed by atoms with Gasteiger partial charge in [0.1, 0.15) is 25.3 Å². The average molecular weight is 444 g/mol. The molecule has 29 heavy (non-hydrogen) atoms. The fourth-order valence-electron chi connectivity index (χ4n) is 3.12. The Morgan fingerprint density at radius 3 is 1.72 bits per heavy atom. The monoisotopic (exact) mass is 443 g/mol. The highest BCUT2D eigenvalue weighted by Gasteiger charge is 2.31. The summed E-state index contributed by atoms with van der Waals surface area (Å²) >= 11 is 0. The maximum absolute atomic E-state index is 10.3. The van der Waals surface area contributed by atoms with Crippen molar-refractivity contribution in [3.05, 3.63) is 0 Å². The fraction of sp³-hybridized carbons (Fsp3) is 1.00. The Bertz CT molecular complexity index is 473. The first kappa shape index (κ1) is 30.9. The first-order chi connectivity index (χ1) is 13.4. The Hall–Kier alpha value is -0.290. The van der Waals surface area contributed by atoms with Crippen LogP contribution in [-0.4, -0.2) is 84.9 Å². The second-order valence-corrected chi connectivity index (χ2v) is 9.42. The molecule has 0 fully saturated rings. The molecule has 0 amide bonds. The summed E-state index contributed by atoms with van der Waals surface area (Å²) in [6.45, 7) is 7.37. The third kappa shape index (κ3) is 19.4. The van der Waals surface area contributed by atoms with E-state index in [4.69, 9.17) is 5.11 Å². The van der Waals surface area contributed by atoms with E-state index in [0.29, 0.717) is 23.6 Å². The molecule has 8 nitrogen and oxygen atoms in total. The number of aliphatic hydroxyl groups is 3. The predicted molar refractivity (Wildman–Crippen MR) is 114 cm³/mol. The lowest BCUT2D eigenvalue weighted by Gasteiger charge is -2.41. The van der Waals surface area contributed by atoms with Gasteiger partial charge in [0.15, 0.2) is 0 Å². The van der Waals surface area contributed by atoms with E-state index in [1.54, 1.807) is 0 Å². The topological polar surface area (TPSA) is 127 Å². The van der Waals surface area contributed by atoms with Crippen LogP contribution in [0.4, 0.5) is 0 Å². The van der Waals surface area contributed by atoms with Crippen LogP contribution >= 0.6 is 0 Å². The highest BCUT2D eigenvalue weighted by atomic mass is 32.3. The van der Waals surface area contributed by atoms with Crippen molar-refractivity contribution in [3.8, 4) is 0 Å². The van der Waals surface area contributed by atoms with Crippen molar-refractivity contribution in [2.75, 3.05) is 33.9 Å². The van der Waals surface area contributed by atoms with Crippen molar-refractivity contribution in [1.82, 2.24) is 0 Å². The minimum atomic E-state index is -4.41. The maximum Gasteiger partial charge on any atom is 0.217 e. The van der Waals surface area contributed by atoms with E-state index in [1.165, 1.54) is 44.9 Å². The highest BCUT2D eigenvalue weighted by Crippen LogP contribution is 2.16. The van der Waals surface area contributed by atoms with Gasteiger partial charge in [-0.25, -0.2) is 8.42 Å². The molecule has 0 radical (unpaired) electrons. The van der Waals surface area contributed by atoms with Gasteiger partial charge in [0, 0.05) is 0 Å². The molecule has 0 aromatic carbocycles.